The van der Waals surface area contributed by atoms with E-state index in [9.17, 15) is 0 Å². The lowest BCUT2D eigenvalue weighted by atomic mass is 10.2. The lowest BCUT2D eigenvalue weighted by Gasteiger charge is -2.01. The number of hydrogen-bond donors (Lipinski definition) is 1. The molecule has 0 aliphatic heterocycles. The topological polar surface area (TPSA) is 38.1 Å². The van der Waals surface area contributed by atoms with E-state index in [4.69, 9.17) is 16.0 Å². The molecule has 3 nitrogen and oxygen atoms in total. The molecule has 1 N–H and O–H groups in total. The van der Waals surface area contributed by atoms with Crippen LogP contribution in [-0.2, 0) is 6.42 Å². The molecule has 1 aromatic carbocycles. The van der Waals surface area contributed by atoms with Gasteiger partial charge >= 0.3 is 0 Å². The van der Waals surface area contributed by atoms with Crippen molar-refractivity contribution in [3.05, 3.63) is 39.8 Å². The molecule has 5 heteroatoms. The molecule has 3 rings (SSSR count). The molecule has 0 unspecified atom stereocenters. The Bertz CT molecular complexity index is 595. The third-order valence-corrected chi connectivity index (χ3v) is 4.22. The summed E-state index contributed by atoms with van der Waals surface area (Å²) in [5.41, 5.74) is 0.976. The first-order chi connectivity index (χ1) is 9.72. The second-order valence-corrected chi connectivity index (χ2v) is 6.37. The van der Waals surface area contributed by atoms with E-state index >= 15 is 0 Å². The Morgan fingerprint density at radius 1 is 1.40 bits per heavy atom. The van der Waals surface area contributed by atoms with Gasteiger partial charge in [0.15, 0.2) is 11.7 Å². The van der Waals surface area contributed by atoms with Crippen molar-refractivity contribution in [2.45, 2.75) is 31.7 Å². The fourth-order valence-electron chi connectivity index (χ4n) is 2.07. The molecule has 1 aliphatic carbocycles. The van der Waals surface area contributed by atoms with Gasteiger partial charge in [0.2, 0.25) is 0 Å². The molecule has 2 aromatic rings. The van der Waals surface area contributed by atoms with Gasteiger partial charge < -0.3 is 9.73 Å². The second-order valence-electron chi connectivity index (χ2n) is 5.07. The Kier molecular flexibility index (Phi) is 4.44. The van der Waals surface area contributed by atoms with Gasteiger partial charge in [0.05, 0.1) is 6.20 Å². The summed E-state index contributed by atoms with van der Waals surface area (Å²) < 4.78 is 6.72. The molecular formula is C15H16BrClN2O. The largest absolute Gasteiger partial charge is 0.441 e. The number of oxazole rings is 1. The van der Waals surface area contributed by atoms with Crippen molar-refractivity contribution in [2.75, 3.05) is 6.54 Å². The first-order valence-electron chi connectivity index (χ1n) is 6.86. The molecule has 106 valence electrons. The molecule has 0 amide bonds. The van der Waals surface area contributed by atoms with E-state index in [1.54, 1.807) is 6.20 Å². The van der Waals surface area contributed by atoms with Crippen LogP contribution in [0.2, 0.25) is 5.02 Å². The first kappa shape index (κ1) is 14.1. The van der Waals surface area contributed by atoms with Gasteiger partial charge in [-0.25, -0.2) is 4.98 Å². The van der Waals surface area contributed by atoms with Crippen LogP contribution in [0.4, 0.5) is 0 Å². The van der Waals surface area contributed by atoms with E-state index < -0.39 is 0 Å². The predicted octanol–water partition coefficient (Wildman–Crippen LogP) is 4.44. The fraction of sp³-hybridized carbons (Fsp3) is 0.400. The highest BCUT2D eigenvalue weighted by molar-refractivity contribution is 9.10. The molecule has 1 heterocycles. The minimum atomic E-state index is 0.700. The SMILES string of the molecule is Clc1ccc(-c2cnc(CCCNC3CC3)o2)c(Br)c1. The minimum Gasteiger partial charge on any atom is -0.441 e. The average molecular weight is 356 g/mol. The summed E-state index contributed by atoms with van der Waals surface area (Å²) in [6.45, 7) is 1.03. The van der Waals surface area contributed by atoms with E-state index in [0.717, 1.165) is 47.1 Å². The van der Waals surface area contributed by atoms with Crippen LogP contribution in [0.3, 0.4) is 0 Å². The van der Waals surface area contributed by atoms with Crippen LogP contribution in [-0.4, -0.2) is 17.6 Å². The van der Waals surface area contributed by atoms with Gasteiger partial charge in [-0.1, -0.05) is 11.6 Å². The third-order valence-electron chi connectivity index (χ3n) is 3.33. The van der Waals surface area contributed by atoms with Crippen molar-refractivity contribution in [3.8, 4) is 11.3 Å². The van der Waals surface area contributed by atoms with Gasteiger partial charge in [-0.2, -0.15) is 0 Å². The molecular weight excluding hydrogens is 340 g/mol. The molecule has 1 aliphatic rings. The maximum absolute atomic E-state index is 5.94. The van der Waals surface area contributed by atoms with Crippen LogP contribution >= 0.6 is 27.5 Å². The van der Waals surface area contributed by atoms with E-state index in [1.807, 2.05) is 18.2 Å². The number of nitrogens with zero attached hydrogens (tertiary/aromatic N) is 1. The van der Waals surface area contributed by atoms with E-state index in [2.05, 4.69) is 26.2 Å². The number of rotatable bonds is 6. The van der Waals surface area contributed by atoms with Crippen molar-refractivity contribution in [1.29, 1.82) is 0 Å². The number of halogens is 2. The van der Waals surface area contributed by atoms with Crippen LogP contribution in [0.5, 0.6) is 0 Å². The molecule has 20 heavy (non-hydrogen) atoms. The highest BCUT2D eigenvalue weighted by atomic mass is 79.9. The van der Waals surface area contributed by atoms with Crippen LogP contribution < -0.4 is 5.32 Å². The van der Waals surface area contributed by atoms with Crippen molar-refractivity contribution in [1.82, 2.24) is 10.3 Å². The molecule has 0 spiro atoms. The lowest BCUT2D eigenvalue weighted by Crippen LogP contribution is -2.17. The zero-order chi connectivity index (χ0) is 13.9. The van der Waals surface area contributed by atoms with E-state index in [-0.39, 0.29) is 0 Å². The Labute approximate surface area is 131 Å². The van der Waals surface area contributed by atoms with Crippen LogP contribution in [0, 0.1) is 0 Å². The maximum Gasteiger partial charge on any atom is 0.194 e. The summed E-state index contributed by atoms with van der Waals surface area (Å²) in [5.74, 6) is 1.57. The summed E-state index contributed by atoms with van der Waals surface area (Å²) >= 11 is 9.44. The third kappa shape index (κ3) is 3.62. The number of aromatic nitrogens is 1. The summed E-state index contributed by atoms with van der Waals surface area (Å²) in [5, 5.41) is 4.19. The molecule has 0 radical (unpaired) electrons. The summed E-state index contributed by atoms with van der Waals surface area (Å²) in [7, 11) is 0. The first-order valence-corrected chi connectivity index (χ1v) is 8.03. The molecule has 1 aromatic heterocycles. The second kappa shape index (κ2) is 6.29. The fourth-order valence-corrected chi connectivity index (χ4v) is 2.95. The number of aryl methyl sites for hydroxylation is 1. The van der Waals surface area contributed by atoms with Gasteiger partial charge in [0.1, 0.15) is 0 Å². The molecule has 1 fully saturated rings. The molecule has 0 atom stereocenters. The van der Waals surface area contributed by atoms with E-state index in [1.165, 1.54) is 12.8 Å². The Morgan fingerprint density at radius 2 is 2.25 bits per heavy atom. The number of benzene rings is 1. The highest BCUT2D eigenvalue weighted by Crippen LogP contribution is 2.31. The monoisotopic (exact) mass is 354 g/mol. The van der Waals surface area contributed by atoms with Crippen LogP contribution in [0.15, 0.2) is 33.3 Å². The predicted molar refractivity (Wildman–Crippen MR) is 84.0 cm³/mol. The van der Waals surface area contributed by atoms with Crippen molar-refractivity contribution >= 4 is 27.5 Å². The summed E-state index contributed by atoms with van der Waals surface area (Å²) in [4.78, 5) is 4.34. The zero-order valence-corrected chi connectivity index (χ0v) is 13.4. The van der Waals surface area contributed by atoms with Crippen molar-refractivity contribution in [2.24, 2.45) is 0 Å². The zero-order valence-electron chi connectivity index (χ0n) is 11.0. The smallest absolute Gasteiger partial charge is 0.194 e. The van der Waals surface area contributed by atoms with Crippen LogP contribution in [0.25, 0.3) is 11.3 Å². The Hall–Kier alpha value is -0.840. The van der Waals surface area contributed by atoms with Crippen molar-refractivity contribution in [3.63, 3.8) is 0 Å². The maximum atomic E-state index is 5.94. The van der Waals surface area contributed by atoms with Gasteiger partial charge in [0.25, 0.3) is 0 Å². The average Bonchev–Trinajstić information content (AvgIpc) is 3.13. The summed E-state index contributed by atoms with van der Waals surface area (Å²) in [6.07, 6.45) is 6.35. The number of hydrogen-bond acceptors (Lipinski definition) is 3. The Morgan fingerprint density at radius 3 is 3.00 bits per heavy atom. The van der Waals surface area contributed by atoms with E-state index in [0.29, 0.717) is 5.02 Å². The quantitative estimate of drug-likeness (QED) is 0.778. The highest BCUT2D eigenvalue weighted by Gasteiger charge is 2.19. The van der Waals surface area contributed by atoms with Crippen molar-refractivity contribution < 1.29 is 4.42 Å². The molecule has 0 bridgehead atoms. The Balaban J connectivity index is 1.60. The lowest BCUT2D eigenvalue weighted by molar-refractivity contribution is 0.491. The number of nitrogens with one attached hydrogen (secondary N) is 1. The van der Waals surface area contributed by atoms with Crippen LogP contribution in [0.1, 0.15) is 25.2 Å². The van der Waals surface area contributed by atoms with Gasteiger partial charge in [-0.05, 0) is 59.9 Å². The van der Waals surface area contributed by atoms with Gasteiger partial charge in [-0.3, -0.25) is 0 Å². The normalized spacial score (nSPS) is 14.7. The molecule has 0 saturated heterocycles. The summed E-state index contributed by atoms with van der Waals surface area (Å²) in [6, 6.07) is 6.41. The standard InChI is InChI=1S/C15H16BrClN2O/c16-13-8-10(17)3-6-12(13)14-9-19-15(20-14)2-1-7-18-11-4-5-11/h3,6,8-9,11,18H,1-2,4-5,7H2. The molecule has 1 saturated carbocycles. The van der Waals surface area contributed by atoms with Gasteiger partial charge in [-0.15, -0.1) is 0 Å². The minimum absolute atomic E-state index is 0.700. The van der Waals surface area contributed by atoms with Gasteiger partial charge in [0, 0.05) is 27.5 Å².